The molecule has 0 heterocycles. The number of carbonyl (C=O) groups is 2. The van der Waals surface area contributed by atoms with E-state index >= 15 is 0 Å². The molecule has 2 rings (SSSR count). The number of nitrogens with one attached hydrogen (secondary N) is 2. The number of hydrogen-bond donors (Lipinski definition) is 2. The summed E-state index contributed by atoms with van der Waals surface area (Å²) in [5.74, 6) is -0.478. The minimum atomic E-state index is -0.543. The highest BCUT2D eigenvalue weighted by molar-refractivity contribution is 7.98. The predicted molar refractivity (Wildman–Crippen MR) is 109 cm³/mol. The maximum Gasteiger partial charge on any atom is 0.241 e. The highest BCUT2D eigenvalue weighted by Crippen LogP contribution is 2.24. The third kappa shape index (κ3) is 5.58. The fourth-order valence-electron chi connectivity index (χ4n) is 2.43. The topological polar surface area (TPSA) is 85.2 Å². The molecule has 0 saturated heterocycles. The van der Waals surface area contributed by atoms with E-state index in [2.05, 4.69) is 10.6 Å². The molecule has 0 spiro atoms. The van der Waals surface area contributed by atoms with Crippen LogP contribution in [0.15, 0.2) is 53.4 Å². The minimum Gasteiger partial charge on any atom is -0.324 e. The number of hydrogen-bond acceptors (Lipinski definition) is 5. The Morgan fingerprint density at radius 3 is 2.41 bits per heavy atom. The number of anilines is 2. The van der Waals surface area contributed by atoms with Gasteiger partial charge in [0.15, 0.2) is 0 Å². The van der Waals surface area contributed by atoms with E-state index in [9.17, 15) is 9.59 Å². The van der Waals surface area contributed by atoms with E-state index in [-0.39, 0.29) is 18.4 Å². The Balaban J connectivity index is 1.96. The number of amides is 2. The molecule has 140 valence electrons. The van der Waals surface area contributed by atoms with Gasteiger partial charge in [-0.2, -0.15) is 5.26 Å². The second-order valence-corrected chi connectivity index (χ2v) is 6.83. The van der Waals surface area contributed by atoms with Gasteiger partial charge in [-0.1, -0.05) is 24.3 Å². The molecule has 2 aromatic rings. The van der Waals surface area contributed by atoms with Crippen LogP contribution in [0.2, 0.25) is 0 Å². The molecule has 0 aliphatic rings. The quantitative estimate of drug-likeness (QED) is 0.719. The zero-order valence-corrected chi connectivity index (χ0v) is 16.3. The highest BCUT2D eigenvalue weighted by atomic mass is 32.2. The number of nitriles is 1. The number of carbonyl (C=O) groups excluding carboxylic acids is 2. The highest BCUT2D eigenvalue weighted by Gasteiger charge is 2.21. The Morgan fingerprint density at radius 1 is 1.11 bits per heavy atom. The molecule has 2 amide bonds. The van der Waals surface area contributed by atoms with Crippen LogP contribution < -0.4 is 10.6 Å². The predicted octanol–water partition coefficient (Wildman–Crippen LogP) is 3.18. The van der Waals surface area contributed by atoms with Crippen LogP contribution in [-0.2, 0) is 9.59 Å². The number of likely N-dealkylation sites (N-methyl/N-ethyl adjacent to an activating group) is 1. The lowest BCUT2D eigenvalue weighted by Crippen LogP contribution is -2.43. The first-order chi connectivity index (χ1) is 13.0. The summed E-state index contributed by atoms with van der Waals surface area (Å²) in [6.07, 6.45) is 1.95. The van der Waals surface area contributed by atoms with E-state index in [1.807, 2.05) is 36.6 Å². The second kappa shape index (κ2) is 9.76. The molecule has 6 nitrogen and oxygen atoms in total. The third-order valence-electron chi connectivity index (χ3n) is 4.12. The van der Waals surface area contributed by atoms with Gasteiger partial charge in [0.25, 0.3) is 0 Å². The summed E-state index contributed by atoms with van der Waals surface area (Å²) in [4.78, 5) is 27.4. The molecule has 1 unspecified atom stereocenters. The van der Waals surface area contributed by atoms with Crippen molar-refractivity contribution < 1.29 is 9.59 Å². The summed E-state index contributed by atoms with van der Waals surface area (Å²) >= 11 is 1.55. The number of rotatable bonds is 7. The van der Waals surface area contributed by atoms with Crippen LogP contribution in [0.3, 0.4) is 0 Å². The first-order valence-electron chi connectivity index (χ1n) is 8.39. The maximum atomic E-state index is 12.5. The molecule has 0 saturated carbocycles. The molecular weight excluding hydrogens is 360 g/mol. The summed E-state index contributed by atoms with van der Waals surface area (Å²) in [5.41, 5.74) is 1.61. The van der Waals surface area contributed by atoms with E-state index in [4.69, 9.17) is 5.26 Å². The van der Waals surface area contributed by atoms with Crippen molar-refractivity contribution in [3.8, 4) is 6.07 Å². The molecule has 0 aliphatic carbocycles. The lowest BCUT2D eigenvalue weighted by Gasteiger charge is -2.23. The largest absolute Gasteiger partial charge is 0.324 e. The Morgan fingerprint density at radius 2 is 1.74 bits per heavy atom. The van der Waals surface area contributed by atoms with Crippen molar-refractivity contribution in [3.63, 3.8) is 0 Å². The minimum absolute atomic E-state index is 0.0667. The van der Waals surface area contributed by atoms with Gasteiger partial charge in [0.1, 0.15) is 6.07 Å². The maximum absolute atomic E-state index is 12.5. The van der Waals surface area contributed by atoms with Gasteiger partial charge in [-0.25, -0.2) is 0 Å². The van der Waals surface area contributed by atoms with Gasteiger partial charge >= 0.3 is 0 Å². The molecule has 0 radical (unpaired) electrons. The standard InChI is InChI=1S/C20H22N4O2S/c1-14(20(26)23-16-9-5-4-8-15(16)12-21)24(2)13-19(25)22-17-10-6-7-11-18(17)27-3/h4-11,14H,13H2,1-3H3,(H,22,25)(H,23,26). The zero-order valence-electron chi connectivity index (χ0n) is 15.5. The van der Waals surface area contributed by atoms with Crippen LogP contribution >= 0.6 is 11.8 Å². The normalized spacial score (nSPS) is 11.5. The van der Waals surface area contributed by atoms with Crippen LogP contribution in [0.5, 0.6) is 0 Å². The molecule has 7 heteroatoms. The Kier molecular flexibility index (Phi) is 7.41. The van der Waals surface area contributed by atoms with Crippen LogP contribution in [0.4, 0.5) is 11.4 Å². The lowest BCUT2D eigenvalue weighted by atomic mass is 10.2. The van der Waals surface area contributed by atoms with E-state index in [0.717, 1.165) is 10.6 Å². The summed E-state index contributed by atoms with van der Waals surface area (Å²) in [6, 6.07) is 15.9. The average molecular weight is 382 g/mol. The summed E-state index contributed by atoms with van der Waals surface area (Å²) in [5, 5.41) is 14.7. The lowest BCUT2D eigenvalue weighted by molar-refractivity contribution is -0.122. The van der Waals surface area contributed by atoms with Crippen molar-refractivity contribution in [2.45, 2.75) is 17.9 Å². The summed E-state index contributed by atoms with van der Waals surface area (Å²) < 4.78 is 0. The van der Waals surface area contributed by atoms with E-state index in [1.54, 1.807) is 54.9 Å². The number of nitrogens with zero attached hydrogens (tertiary/aromatic N) is 2. The molecule has 1 atom stereocenters. The van der Waals surface area contributed by atoms with Gasteiger partial charge in [-0.3, -0.25) is 14.5 Å². The first-order valence-corrected chi connectivity index (χ1v) is 9.61. The molecule has 27 heavy (non-hydrogen) atoms. The fourth-order valence-corrected chi connectivity index (χ4v) is 2.98. The van der Waals surface area contributed by atoms with Crippen molar-refractivity contribution in [3.05, 3.63) is 54.1 Å². The van der Waals surface area contributed by atoms with Gasteiger partial charge < -0.3 is 10.6 Å². The molecule has 0 aliphatic heterocycles. The van der Waals surface area contributed by atoms with Gasteiger partial charge in [-0.15, -0.1) is 11.8 Å². The van der Waals surface area contributed by atoms with Crippen molar-refractivity contribution >= 4 is 35.0 Å². The molecule has 2 N–H and O–H groups in total. The Hall–Kier alpha value is -2.82. The van der Waals surface area contributed by atoms with Gasteiger partial charge in [0.05, 0.1) is 29.5 Å². The summed E-state index contributed by atoms with van der Waals surface area (Å²) in [7, 11) is 1.71. The van der Waals surface area contributed by atoms with Crippen LogP contribution in [-0.4, -0.2) is 42.6 Å². The molecular formula is C20H22N4O2S. The molecule has 0 fully saturated rings. The average Bonchev–Trinajstić information content (AvgIpc) is 2.68. The van der Waals surface area contributed by atoms with E-state index in [0.29, 0.717) is 11.3 Å². The molecule has 0 bridgehead atoms. The van der Waals surface area contributed by atoms with E-state index in [1.165, 1.54) is 0 Å². The van der Waals surface area contributed by atoms with Crippen LogP contribution in [0, 0.1) is 11.3 Å². The molecule has 2 aromatic carbocycles. The van der Waals surface area contributed by atoms with Crippen LogP contribution in [0.1, 0.15) is 12.5 Å². The summed E-state index contributed by atoms with van der Waals surface area (Å²) in [6.45, 7) is 1.78. The number of para-hydroxylation sites is 2. The van der Waals surface area contributed by atoms with Crippen molar-refractivity contribution in [1.82, 2.24) is 4.90 Å². The van der Waals surface area contributed by atoms with Crippen molar-refractivity contribution in [2.75, 3.05) is 30.5 Å². The molecule has 0 aromatic heterocycles. The third-order valence-corrected chi connectivity index (χ3v) is 4.92. The SMILES string of the molecule is CSc1ccccc1NC(=O)CN(C)C(C)C(=O)Nc1ccccc1C#N. The Labute approximate surface area is 163 Å². The first kappa shape index (κ1) is 20.5. The van der Waals surface area contributed by atoms with Crippen LogP contribution in [0.25, 0.3) is 0 Å². The van der Waals surface area contributed by atoms with Crippen molar-refractivity contribution in [1.29, 1.82) is 5.26 Å². The van der Waals surface area contributed by atoms with Gasteiger partial charge in [0, 0.05) is 4.90 Å². The zero-order chi connectivity index (χ0) is 19.8. The monoisotopic (exact) mass is 382 g/mol. The van der Waals surface area contributed by atoms with E-state index < -0.39 is 6.04 Å². The smallest absolute Gasteiger partial charge is 0.241 e. The second-order valence-electron chi connectivity index (χ2n) is 5.99. The van der Waals surface area contributed by atoms with Gasteiger partial charge in [-0.05, 0) is 44.5 Å². The van der Waals surface area contributed by atoms with Gasteiger partial charge in [0.2, 0.25) is 11.8 Å². The number of thioether (sulfide) groups is 1. The number of benzene rings is 2. The fraction of sp³-hybridized carbons (Fsp3) is 0.250. The Bertz CT molecular complexity index is 863. The van der Waals surface area contributed by atoms with Crippen molar-refractivity contribution in [2.24, 2.45) is 0 Å².